The van der Waals surface area contributed by atoms with E-state index in [1.165, 1.54) is 23.1 Å². The molecule has 3 N–H and O–H groups in total. The average molecular weight is 270 g/mol. The predicted octanol–water partition coefficient (Wildman–Crippen LogP) is 0.826. The number of oxime groups is 1. The molecule has 0 aliphatic rings. The number of aryl methyl sites for hydroxylation is 2. The summed E-state index contributed by atoms with van der Waals surface area (Å²) in [5.74, 6) is 0.0441. The molecule has 0 aliphatic heterocycles. The zero-order chi connectivity index (χ0) is 12.4. The van der Waals surface area contributed by atoms with Crippen LogP contribution in [0.5, 0.6) is 0 Å². The van der Waals surface area contributed by atoms with Gasteiger partial charge in [-0.1, -0.05) is 16.5 Å². The highest BCUT2D eigenvalue weighted by molar-refractivity contribution is 8.01. The molecule has 2 heterocycles. The largest absolute Gasteiger partial charge is 0.409 e. The molecule has 2 aromatic rings. The van der Waals surface area contributed by atoms with Crippen LogP contribution in [0.1, 0.15) is 11.3 Å². The van der Waals surface area contributed by atoms with Gasteiger partial charge < -0.3 is 10.9 Å². The van der Waals surface area contributed by atoms with E-state index in [1.807, 2.05) is 0 Å². The van der Waals surface area contributed by atoms with Crippen molar-refractivity contribution in [3.63, 3.8) is 0 Å². The molecule has 0 aromatic carbocycles. The molecule has 7 nitrogen and oxygen atoms in total. The van der Waals surface area contributed by atoms with Gasteiger partial charge >= 0.3 is 0 Å². The number of amidine groups is 1. The van der Waals surface area contributed by atoms with E-state index in [4.69, 9.17) is 10.9 Å². The summed E-state index contributed by atoms with van der Waals surface area (Å²) in [4.78, 5) is 0. The minimum absolute atomic E-state index is 0.0441. The quantitative estimate of drug-likeness (QED) is 0.370. The Morgan fingerprint density at radius 2 is 2.41 bits per heavy atom. The normalized spacial score (nSPS) is 12.0. The molecule has 0 radical (unpaired) electrons. The van der Waals surface area contributed by atoms with E-state index in [2.05, 4.69) is 20.5 Å². The highest BCUT2D eigenvalue weighted by atomic mass is 32.2. The van der Waals surface area contributed by atoms with Gasteiger partial charge in [-0.3, -0.25) is 4.68 Å². The molecule has 0 bridgehead atoms. The van der Waals surface area contributed by atoms with Crippen molar-refractivity contribution in [3.8, 4) is 0 Å². The first-order chi connectivity index (χ1) is 8.13. The summed E-state index contributed by atoms with van der Waals surface area (Å²) in [6.45, 7) is 1.80. The van der Waals surface area contributed by atoms with E-state index in [0.29, 0.717) is 11.3 Å². The molecule has 2 rings (SSSR count). The van der Waals surface area contributed by atoms with Crippen LogP contribution in [0.2, 0.25) is 0 Å². The Hall–Kier alpha value is -1.61. The van der Waals surface area contributed by atoms with Crippen molar-refractivity contribution in [2.24, 2.45) is 17.9 Å². The van der Waals surface area contributed by atoms with Crippen molar-refractivity contribution in [2.45, 2.75) is 16.3 Å². The van der Waals surface area contributed by atoms with Gasteiger partial charge in [0.05, 0.1) is 11.3 Å². The first-order valence-corrected chi connectivity index (χ1v) is 6.28. The summed E-state index contributed by atoms with van der Waals surface area (Å²) in [6.07, 6.45) is 0. The molecule has 0 saturated carbocycles. The summed E-state index contributed by atoms with van der Waals surface area (Å²) < 4.78 is 2.45. The third-order valence-electron chi connectivity index (χ3n) is 2.06. The summed E-state index contributed by atoms with van der Waals surface area (Å²) in [5, 5.41) is 24.5. The zero-order valence-electron chi connectivity index (χ0n) is 9.15. The van der Waals surface area contributed by atoms with Crippen LogP contribution in [0.4, 0.5) is 0 Å². The van der Waals surface area contributed by atoms with Gasteiger partial charge in [-0.05, 0) is 18.7 Å². The summed E-state index contributed by atoms with van der Waals surface area (Å²) in [6, 6.07) is 0. The third-order valence-corrected chi connectivity index (χ3v) is 4.00. The summed E-state index contributed by atoms with van der Waals surface area (Å²) in [7, 11) is 1.80. The Labute approximate surface area is 105 Å². The van der Waals surface area contributed by atoms with Crippen LogP contribution in [0.15, 0.2) is 20.0 Å². The van der Waals surface area contributed by atoms with Crippen molar-refractivity contribution in [1.82, 2.24) is 20.0 Å². The van der Waals surface area contributed by atoms with E-state index < -0.39 is 0 Å². The lowest BCUT2D eigenvalue weighted by atomic mass is 10.2. The monoisotopic (exact) mass is 270 g/mol. The Morgan fingerprint density at radius 3 is 3.00 bits per heavy atom. The van der Waals surface area contributed by atoms with Gasteiger partial charge in [0, 0.05) is 7.05 Å². The lowest BCUT2D eigenvalue weighted by Crippen LogP contribution is -2.14. The van der Waals surface area contributed by atoms with Crippen LogP contribution < -0.4 is 5.73 Å². The van der Waals surface area contributed by atoms with Crippen molar-refractivity contribution in [3.05, 3.63) is 16.8 Å². The molecule has 0 fully saturated rings. The second-order valence-electron chi connectivity index (χ2n) is 3.18. The molecule has 17 heavy (non-hydrogen) atoms. The molecule has 0 spiro atoms. The first-order valence-electron chi connectivity index (χ1n) is 4.59. The number of rotatable bonds is 3. The first kappa shape index (κ1) is 11.9. The SMILES string of the molecule is Cc1nn(C)c(Sc2nncs2)c1C(N)=NO. The molecule has 9 heteroatoms. The Kier molecular flexibility index (Phi) is 3.29. The van der Waals surface area contributed by atoms with Crippen LogP contribution in [0.25, 0.3) is 0 Å². The molecule has 90 valence electrons. The summed E-state index contributed by atoms with van der Waals surface area (Å²) in [5.41, 5.74) is 8.61. The highest BCUT2D eigenvalue weighted by Gasteiger charge is 2.19. The minimum atomic E-state index is 0.0441. The van der Waals surface area contributed by atoms with Crippen LogP contribution in [-0.2, 0) is 7.05 Å². The molecule has 0 amide bonds. The second-order valence-corrected chi connectivity index (χ2v) is 5.25. The lowest BCUT2D eigenvalue weighted by Gasteiger charge is -2.02. The third kappa shape index (κ3) is 2.24. The standard InChI is InChI=1S/C8H10N6OS2/c1-4-5(6(9)13-15)7(14(2)12-4)17-8-11-10-3-16-8/h3,15H,1-2H3,(H2,9,13). The Balaban J connectivity index is 2.45. The van der Waals surface area contributed by atoms with Gasteiger partial charge in [-0.25, -0.2) is 0 Å². The maximum atomic E-state index is 8.76. The van der Waals surface area contributed by atoms with Crippen molar-refractivity contribution >= 4 is 28.9 Å². The molecule has 0 atom stereocenters. The van der Waals surface area contributed by atoms with Crippen LogP contribution in [0.3, 0.4) is 0 Å². The molecule has 0 aliphatic carbocycles. The van der Waals surface area contributed by atoms with Gasteiger partial charge in [0.1, 0.15) is 10.5 Å². The van der Waals surface area contributed by atoms with E-state index in [9.17, 15) is 0 Å². The molecule has 2 aromatic heterocycles. The van der Waals surface area contributed by atoms with Gasteiger partial charge in [0.2, 0.25) is 0 Å². The Morgan fingerprint density at radius 1 is 1.65 bits per heavy atom. The maximum Gasteiger partial charge on any atom is 0.180 e. The van der Waals surface area contributed by atoms with Gasteiger partial charge in [-0.15, -0.1) is 10.2 Å². The number of nitrogens with zero attached hydrogens (tertiary/aromatic N) is 5. The summed E-state index contributed by atoms with van der Waals surface area (Å²) >= 11 is 2.81. The highest BCUT2D eigenvalue weighted by Crippen LogP contribution is 2.32. The van der Waals surface area contributed by atoms with Gasteiger partial charge in [-0.2, -0.15) is 5.10 Å². The van der Waals surface area contributed by atoms with Gasteiger partial charge in [0.25, 0.3) is 0 Å². The molecule has 0 unspecified atom stereocenters. The maximum absolute atomic E-state index is 8.76. The van der Waals surface area contributed by atoms with E-state index in [1.54, 1.807) is 24.2 Å². The average Bonchev–Trinajstić information content (AvgIpc) is 2.88. The fourth-order valence-corrected chi connectivity index (χ4v) is 3.01. The lowest BCUT2D eigenvalue weighted by molar-refractivity contribution is 0.318. The number of hydrogen-bond acceptors (Lipinski definition) is 7. The fourth-order valence-electron chi connectivity index (χ4n) is 1.39. The van der Waals surface area contributed by atoms with Crippen LogP contribution >= 0.6 is 23.1 Å². The van der Waals surface area contributed by atoms with Crippen molar-refractivity contribution in [1.29, 1.82) is 0 Å². The molecular formula is C8H10N6OS2. The molecular weight excluding hydrogens is 260 g/mol. The van der Waals surface area contributed by atoms with E-state index in [-0.39, 0.29) is 5.84 Å². The van der Waals surface area contributed by atoms with Gasteiger partial charge in [0.15, 0.2) is 10.2 Å². The number of hydrogen-bond donors (Lipinski definition) is 2. The second kappa shape index (κ2) is 4.72. The molecule has 0 saturated heterocycles. The number of aromatic nitrogens is 4. The number of nitrogens with two attached hydrogens (primary N) is 1. The zero-order valence-corrected chi connectivity index (χ0v) is 10.8. The minimum Gasteiger partial charge on any atom is -0.409 e. The smallest absolute Gasteiger partial charge is 0.180 e. The van der Waals surface area contributed by atoms with Crippen molar-refractivity contribution < 1.29 is 5.21 Å². The Bertz CT molecular complexity index is 547. The predicted molar refractivity (Wildman–Crippen MR) is 64.5 cm³/mol. The van der Waals surface area contributed by atoms with E-state index >= 15 is 0 Å². The fraction of sp³-hybridized carbons (Fsp3) is 0.250. The van der Waals surface area contributed by atoms with Crippen molar-refractivity contribution in [2.75, 3.05) is 0 Å². The topological polar surface area (TPSA) is 102 Å². The van der Waals surface area contributed by atoms with E-state index in [0.717, 1.165) is 9.37 Å². The van der Waals surface area contributed by atoms with Crippen LogP contribution in [0, 0.1) is 6.92 Å². The van der Waals surface area contributed by atoms with Crippen LogP contribution in [-0.4, -0.2) is 31.0 Å².